The van der Waals surface area contributed by atoms with E-state index in [4.69, 9.17) is 0 Å². The van der Waals surface area contributed by atoms with Gasteiger partial charge >= 0.3 is 0 Å². The molecular weight excluding hydrogens is 202 g/mol. The first-order chi connectivity index (χ1) is 7.09. The number of anilines is 1. The van der Waals surface area contributed by atoms with Gasteiger partial charge < -0.3 is 0 Å². The Morgan fingerprint density at radius 1 is 1.33 bits per heavy atom. The topological polar surface area (TPSA) is 32.7 Å². The molecule has 1 aromatic rings. The highest BCUT2D eigenvalue weighted by Crippen LogP contribution is 2.26. The molecule has 0 fully saturated rings. The number of hydrogen-bond donors (Lipinski definition) is 0. The summed E-state index contributed by atoms with van der Waals surface area (Å²) in [7, 11) is 0. The van der Waals surface area contributed by atoms with Gasteiger partial charge in [0.2, 0.25) is 0 Å². The highest BCUT2D eigenvalue weighted by molar-refractivity contribution is 6.12. The van der Waals surface area contributed by atoms with Crippen LogP contribution in [0.4, 0.5) is 14.5 Å². The van der Waals surface area contributed by atoms with Crippen LogP contribution >= 0.6 is 0 Å². The summed E-state index contributed by atoms with van der Waals surface area (Å²) in [4.78, 5) is 11.4. The molecule has 2 rings (SSSR count). The third kappa shape index (κ3) is 1.60. The normalized spacial score (nSPS) is 15.8. The van der Waals surface area contributed by atoms with Crippen molar-refractivity contribution in [2.75, 3.05) is 5.01 Å². The smallest absolute Gasteiger partial charge is 0.253 e. The van der Waals surface area contributed by atoms with Gasteiger partial charge in [-0.05, 0) is 19.1 Å². The number of carbonyl (C=O) groups excluding carboxylic acids is 1. The van der Waals surface area contributed by atoms with Gasteiger partial charge in [0.25, 0.3) is 5.91 Å². The van der Waals surface area contributed by atoms with Crippen molar-refractivity contribution in [3.05, 3.63) is 29.8 Å². The predicted octanol–water partition coefficient (Wildman–Crippen LogP) is 2.08. The van der Waals surface area contributed by atoms with Gasteiger partial charge in [0, 0.05) is 5.71 Å². The molecule has 1 aromatic carbocycles. The monoisotopic (exact) mass is 210 g/mol. The van der Waals surface area contributed by atoms with E-state index in [1.807, 2.05) is 0 Å². The average molecular weight is 210 g/mol. The SMILES string of the molecule is CC1=NN(c2c(F)cccc2F)C(=O)C1. The quantitative estimate of drug-likeness (QED) is 0.698. The number of hydrogen-bond acceptors (Lipinski definition) is 2. The Labute approximate surface area is 85.0 Å². The highest BCUT2D eigenvalue weighted by atomic mass is 19.1. The Hall–Kier alpha value is -1.78. The van der Waals surface area contributed by atoms with Crippen LogP contribution in [-0.4, -0.2) is 11.6 Å². The summed E-state index contributed by atoms with van der Waals surface area (Å²) in [5.41, 5.74) is 0.141. The van der Waals surface area contributed by atoms with Gasteiger partial charge in [-0.25, -0.2) is 8.78 Å². The van der Waals surface area contributed by atoms with Crippen molar-refractivity contribution in [2.45, 2.75) is 13.3 Å². The van der Waals surface area contributed by atoms with E-state index >= 15 is 0 Å². The molecule has 15 heavy (non-hydrogen) atoms. The van der Waals surface area contributed by atoms with Crippen molar-refractivity contribution < 1.29 is 13.6 Å². The molecule has 0 aromatic heterocycles. The summed E-state index contributed by atoms with van der Waals surface area (Å²) in [6.07, 6.45) is 0.105. The Morgan fingerprint density at radius 3 is 2.40 bits per heavy atom. The van der Waals surface area contributed by atoms with Crippen LogP contribution in [0.25, 0.3) is 0 Å². The van der Waals surface area contributed by atoms with Crippen LogP contribution in [0.5, 0.6) is 0 Å². The van der Waals surface area contributed by atoms with Crippen molar-refractivity contribution in [1.29, 1.82) is 0 Å². The molecule has 0 atom stereocenters. The molecule has 0 bridgehead atoms. The summed E-state index contributed by atoms with van der Waals surface area (Å²) in [6, 6.07) is 3.43. The number of rotatable bonds is 1. The van der Waals surface area contributed by atoms with Gasteiger partial charge in [0.15, 0.2) is 11.6 Å². The lowest BCUT2D eigenvalue weighted by molar-refractivity contribution is -0.117. The van der Waals surface area contributed by atoms with E-state index in [2.05, 4.69) is 5.10 Å². The summed E-state index contributed by atoms with van der Waals surface area (Å²) >= 11 is 0. The molecule has 1 aliphatic heterocycles. The molecular formula is C10H8F2N2O. The van der Waals surface area contributed by atoms with Crippen molar-refractivity contribution in [3.63, 3.8) is 0 Å². The number of nitrogens with zero attached hydrogens (tertiary/aromatic N) is 2. The minimum absolute atomic E-state index is 0.105. The second-order valence-corrected chi connectivity index (χ2v) is 3.29. The molecule has 1 amide bonds. The number of benzene rings is 1. The average Bonchev–Trinajstić information content (AvgIpc) is 2.45. The van der Waals surface area contributed by atoms with E-state index in [-0.39, 0.29) is 6.42 Å². The maximum absolute atomic E-state index is 13.3. The zero-order chi connectivity index (χ0) is 11.0. The Morgan fingerprint density at radius 2 is 1.93 bits per heavy atom. The van der Waals surface area contributed by atoms with Crippen molar-refractivity contribution in [2.24, 2.45) is 5.10 Å². The van der Waals surface area contributed by atoms with Gasteiger partial charge in [-0.1, -0.05) is 6.07 Å². The van der Waals surface area contributed by atoms with E-state index in [1.54, 1.807) is 6.92 Å². The second kappa shape index (κ2) is 3.42. The molecule has 0 saturated carbocycles. The van der Waals surface area contributed by atoms with E-state index in [0.717, 1.165) is 17.1 Å². The van der Waals surface area contributed by atoms with Crippen LogP contribution in [0.1, 0.15) is 13.3 Å². The lowest BCUT2D eigenvalue weighted by Gasteiger charge is -2.12. The number of para-hydroxylation sites is 1. The molecule has 0 aliphatic carbocycles. The van der Waals surface area contributed by atoms with Crippen LogP contribution in [0, 0.1) is 11.6 Å². The fourth-order valence-corrected chi connectivity index (χ4v) is 1.42. The number of hydrazone groups is 1. The van der Waals surface area contributed by atoms with Crippen molar-refractivity contribution in [3.8, 4) is 0 Å². The van der Waals surface area contributed by atoms with E-state index in [9.17, 15) is 13.6 Å². The third-order valence-corrected chi connectivity index (χ3v) is 2.06. The molecule has 5 heteroatoms. The molecule has 1 aliphatic rings. The molecule has 0 saturated heterocycles. The molecule has 78 valence electrons. The van der Waals surface area contributed by atoms with Crippen LogP contribution in [0.3, 0.4) is 0 Å². The Bertz CT molecular complexity index is 436. The van der Waals surface area contributed by atoms with Gasteiger partial charge in [0.1, 0.15) is 5.69 Å². The van der Waals surface area contributed by atoms with Crippen LogP contribution < -0.4 is 5.01 Å². The van der Waals surface area contributed by atoms with Crippen LogP contribution in [0.2, 0.25) is 0 Å². The van der Waals surface area contributed by atoms with Crippen LogP contribution in [-0.2, 0) is 4.79 Å². The van der Waals surface area contributed by atoms with E-state index < -0.39 is 23.2 Å². The predicted molar refractivity (Wildman–Crippen MR) is 51.6 cm³/mol. The molecule has 1 heterocycles. The first-order valence-corrected chi connectivity index (χ1v) is 4.40. The van der Waals surface area contributed by atoms with Gasteiger partial charge in [-0.2, -0.15) is 10.1 Å². The first kappa shape index (κ1) is 9.76. The third-order valence-electron chi connectivity index (χ3n) is 2.06. The highest BCUT2D eigenvalue weighted by Gasteiger charge is 2.27. The molecule has 0 spiro atoms. The van der Waals surface area contributed by atoms with Gasteiger partial charge in [0.05, 0.1) is 6.42 Å². The molecule has 0 N–H and O–H groups in total. The fraction of sp³-hybridized carbons (Fsp3) is 0.200. The summed E-state index contributed by atoms with van der Waals surface area (Å²) in [6.45, 7) is 1.64. The zero-order valence-electron chi connectivity index (χ0n) is 8.00. The summed E-state index contributed by atoms with van der Waals surface area (Å²) in [5, 5.41) is 4.56. The van der Waals surface area contributed by atoms with Crippen LogP contribution in [0.15, 0.2) is 23.3 Å². The Kier molecular flexibility index (Phi) is 2.22. The van der Waals surface area contributed by atoms with Crippen molar-refractivity contribution >= 4 is 17.3 Å². The standard InChI is InChI=1S/C10H8F2N2O/c1-6-5-9(15)14(13-6)10-7(11)3-2-4-8(10)12/h2-4H,5H2,1H3. The lowest BCUT2D eigenvalue weighted by Crippen LogP contribution is -2.21. The number of halogens is 2. The van der Waals surface area contributed by atoms with E-state index in [1.165, 1.54) is 6.07 Å². The Balaban J connectivity index is 2.50. The zero-order valence-corrected chi connectivity index (χ0v) is 8.00. The minimum Gasteiger partial charge on any atom is -0.272 e. The van der Waals surface area contributed by atoms with E-state index in [0.29, 0.717) is 5.71 Å². The number of amides is 1. The first-order valence-electron chi connectivity index (χ1n) is 4.40. The lowest BCUT2D eigenvalue weighted by atomic mass is 10.2. The molecule has 0 radical (unpaired) electrons. The molecule has 0 unspecified atom stereocenters. The minimum atomic E-state index is -0.790. The summed E-state index contributed by atoms with van der Waals surface area (Å²) < 4.78 is 26.6. The van der Waals surface area contributed by atoms with Gasteiger partial charge in [-0.15, -0.1) is 0 Å². The van der Waals surface area contributed by atoms with Crippen molar-refractivity contribution in [1.82, 2.24) is 0 Å². The number of carbonyl (C=O) groups is 1. The maximum Gasteiger partial charge on any atom is 0.253 e. The summed E-state index contributed by atoms with van der Waals surface area (Å²) in [5.74, 6) is -2.00. The molecule has 3 nitrogen and oxygen atoms in total. The second-order valence-electron chi connectivity index (χ2n) is 3.29. The largest absolute Gasteiger partial charge is 0.272 e. The van der Waals surface area contributed by atoms with Gasteiger partial charge in [-0.3, -0.25) is 4.79 Å². The maximum atomic E-state index is 13.3. The fourth-order valence-electron chi connectivity index (χ4n) is 1.42.